The number of para-hydroxylation sites is 1. The van der Waals surface area contributed by atoms with Gasteiger partial charge in [0.1, 0.15) is 11.3 Å². The number of anilines is 1. The first-order valence-electron chi connectivity index (χ1n) is 8.87. The lowest BCUT2D eigenvalue weighted by molar-refractivity contribution is -0.152. The molecule has 2 aromatic rings. The van der Waals surface area contributed by atoms with E-state index < -0.39 is 35.3 Å². The van der Waals surface area contributed by atoms with Crippen molar-refractivity contribution in [3.63, 3.8) is 0 Å². The second-order valence-corrected chi connectivity index (χ2v) is 6.80. The Labute approximate surface area is 156 Å². The Morgan fingerprint density at radius 3 is 2.52 bits per heavy atom. The summed E-state index contributed by atoms with van der Waals surface area (Å²) in [5.74, 6) is -2.39. The number of methoxy groups -OCH3 is 1. The highest BCUT2D eigenvalue weighted by Gasteiger charge is 2.68. The molecule has 4 rings (SSSR count). The van der Waals surface area contributed by atoms with Crippen molar-refractivity contribution in [1.29, 1.82) is 0 Å². The molecule has 7 heteroatoms. The predicted octanol–water partition coefficient (Wildman–Crippen LogP) is 2.05. The Bertz CT molecular complexity index is 879. The largest absolute Gasteiger partial charge is 0.468 e. The Morgan fingerprint density at radius 2 is 1.93 bits per heavy atom. The van der Waals surface area contributed by atoms with E-state index in [9.17, 15) is 14.4 Å². The lowest BCUT2D eigenvalue weighted by atomic mass is 9.78. The van der Waals surface area contributed by atoms with E-state index in [1.54, 1.807) is 43.3 Å². The molecule has 1 aromatic carbocycles. The van der Waals surface area contributed by atoms with Gasteiger partial charge in [-0.2, -0.15) is 0 Å². The monoisotopic (exact) mass is 368 g/mol. The summed E-state index contributed by atoms with van der Waals surface area (Å²) in [5, 5.41) is 3.21. The molecule has 140 valence electrons. The van der Waals surface area contributed by atoms with E-state index in [0.29, 0.717) is 17.9 Å². The average molecular weight is 368 g/mol. The molecule has 2 fully saturated rings. The summed E-state index contributed by atoms with van der Waals surface area (Å²) in [6, 6.07) is 11.6. The number of carbonyl (C=O) groups is 3. The smallest absolute Gasteiger partial charge is 0.326 e. The summed E-state index contributed by atoms with van der Waals surface area (Å²) in [5.41, 5.74) is -0.789. The first kappa shape index (κ1) is 17.5. The summed E-state index contributed by atoms with van der Waals surface area (Å²) in [6.07, 6.45) is 1.81. The third kappa shape index (κ3) is 2.35. The fraction of sp³-hybridized carbons (Fsp3) is 0.350. The van der Waals surface area contributed by atoms with E-state index >= 15 is 0 Å². The molecule has 1 N–H and O–H groups in total. The second kappa shape index (κ2) is 6.35. The van der Waals surface area contributed by atoms with Gasteiger partial charge in [0.2, 0.25) is 11.8 Å². The van der Waals surface area contributed by atoms with Crippen molar-refractivity contribution in [2.45, 2.75) is 24.9 Å². The van der Waals surface area contributed by atoms with Crippen LogP contribution in [0, 0.1) is 11.8 Å². The molecule has 3 heterocycles. The number of esters is 1. The molecule has 27 heavy (non-hydrogen) atoms. The van der Waals surface area contributed by atoms with Gasteiger partial charge in [-0.15, -0.1) is 0 Å². The number of furan rings is 1. The molecular weight excluding hydrogens is 348 g/mol. The summed E-state index contributed by atoms with van der Waals surface area (Å²) in [6.45, 7) is 1.80. The number of hydrogen-bond acceptors (Lipinski definition) is 6. The van der Waals surface area contributed by atoms with E-state index in [0.717, 1.165) is 0 Å². The lowest BCUT2D eigenvalue weighted by Gasteiger charge is -2.31. The van der Waals surface area contributed by atoms with Gasteiger partial charge in [-0.25, -0.2) is 4.90 Å². The molecule has 0 saturated carbocycles. The number of imide groups is 1. The number of nitrogens with one attached hydrogen (secondary N) is 1. The highest BCUT2D eigenvalue weighted by molar-refractivity contribution is 6.24. The molecule has 2 aliphatic heterocycles. The van der Waals surface area contributed by atoms with Crippen LogP contribution < -0.4 is 10.2 Å². The maximum atomic E-state index is 13.3. The van der Waals surface area contributed by atoms with Crippen LogP contribution in [0.4, 0.5) is 5.69 Å². The summed E-state index contributed by atoms with van der Waals surface area (Å²) < 4.78 is 10.5. The van der Waals surface area contributed by atoms with Crippen molar-refractivity contribution in [3.8, 4) is 0 Å². The van der Waals surface area contributed by atoms with Gasteiger partial charge >= 0.3 is 5.97 Å². The third-order valence-corrected chi connectivity index (χ3v) is 5.63. The highest BCUT2D eigenvalue weighted by Crippen LogP contribution is 2.51. The SMILES string of the molecule is CC[C@]1(C(=O)OC)N[C@@H](c2ccco2)[C@H]2C(=O)N(c3ccccc3)C(=O)[C@@H]21. The third-order valence-electron chi connectivity index (χ3n) is 5.63. The Balaban J connectivity index is 1.85. The molecule has 0 bridgehead atoms. The van der Waals surface area contributed by atoms with Crippen LogP contribution >= 0.6 is 0 Å². The first-order chi connectivity index (χ1) is 13.0. The van der Waals surface area contributed by atoms with E-state index in [4.69, 9.17) is 9.15 Å². The number of nitrogens with zero attached hydrogens (tertiary/aromatic N) is 1. The topological polar surface area (TPSA) is 88.8 Å². The molecule has 1 aromatic heterocycles. The number of amides is 2. The van der Waals surface area contributed by atoms with E-state index in [1.165, 1.54) is 18.3 Å². The Kier molecular flexibility index (Phi) is 4.11. The highest BCUT2D eigenvalue weighted by atomic mass is 16.5. The number of carbonyl (C=O) groups excluding carboxylic acids is 3. The zero-order valence-electron chi connectivity index (χ0n) is 15.0. The summed E-state index contributed by atoms with van der Waals surface area (Å²) >= 11 is 0. The van der Waals surface area contributed by atoms with E-state index in [1.807, 2.05) is 6.07 Å². The summed E-state index contributed by atoms with van der Waals surface area (Å²) in [7, 11) is 1.28. The molecule has 4 atom stereocenters. The predicted molar refractivity (Wildman–Crippen MR) is 95.5 cm³/mol. The van der Waals surface area contributed by atoms with Crippen molar-refractivity contribution in [2.24, 2.45) is 11.8 Å². The van der Waals surface area contributed by atoms with Crippen LogP contribution in [-0.4, -0.2) is 30.4 Å². The minimum Gasteiger partial charge on any atom is -0.468 e. The first-order valence-corrected chi connectivity index (χ1v) is 8.87. The maximum Gasteiger partial charge on any atom is 0.326 e. The van der Waals surface area contributed by atoms with Crippen LogP contribution in [0.15, 0.2) is 53.1 Å². The molecule has 0 unspecified atom stereocenters. The number of rotatable bonds is 4. The fourth-order valence-electron chi connectivity index (χ4n) is 4.38. The van der Waals surface area contributed by atoms with Crippen LogP contribution in [0.2, 0.25) is 0 Å². The number of hydrogen-bond donors (Lipinski definition) is 1. The van der Waals surface area contributed by atoms with Crippen molar-refractivity contribution < 1.29 is 23.5 Å². The molecule has 2 aliphatic rings. The zero-order chi connectivity index (χ0) is 19.2. The Morgan fingerprint density at radius 1 is 1.19 bits per heavy atom. The van der Waals surface area contributed by atoms with Crippen LogP contribution in [0.1, 0.15) is 25.1 Å². The minimum atomic E-state index is -1.28. The summed E-state index contributed by atoms with van der Waals surface area (Å²) in [4.78, 5) is 40.5. The lowest BCUT2D eigenvalue weighted by Crippen LogP contribution is -2.55. The van der Waals surface area contributed by atoms with Crippen molar-refractivity contribution in [1.82, 2.24) is 5.32 Å². The van der Waals surface area contributed by atoms with Crippen LogP contribution in [0.5, 0.6) is 0 Å². The number of benzene rings is 1. The molecular formula is C20H20N2O5. The standard InChI is InChI=1S/C20H20N2O5/c1-3-20(19(25)26-2)15-14(16(21-20)13-10-7-11-27-13)17(23)22(18(15)24)12-8-5-4-6-9-12/h4-11,14-16,21H,3H2,1-2H3/t14-,15+,16-,20-/m0/s1. The Hall–Kier alpha value is -2.93. The van der Waals surface area contributed by atoms with Crippen molar-refractivity contribution in [3.05, 3.63) is 54.5 Å². The van der Waals surface area contributed by atoms with Gasteiger partial charge in [0.05, 0.1) is 36.9 Å². The van der Waals surface area contributed by atoms with E-state index in [2.05, 4.69) is 5.32 Å². The zero-order valence-corrected chi connectivity index (χ0v) is 15.0. The van der Waals surface area contributed by atoms with Gasteiger partial charge in [0.15, 0.2) is 0 Å². The molecule has 0 aliphatic carbocycles. The van der Waals surface area contributed by atoms with Crippen molar-refractivity contribution >= 4 is 23.5 Å². The van der Waals surface area contributed by atoms with Gasteiger partial charge in [0.25, 0.3) is 0 Å². The van der Waals surface area contributed by atoms with Crippen LogP contribution in [0.3, 0.4) is 0 Å². The van der Waals surface area contributed by atoms with E-state index in [-0.39, 0.29) is 5.91 Å². The minimum absolute atomic E-state index is 0.305. The molecule has 0 radical (unpaired) electrons. The number of ether oxygens (including phenoxy) is 1. The van der Waals surface area contributed by atoms with Gasteiger partial charge in [-0.3, -0.25) is 19.7 Å². The number of fused-ring (bicyclic) bond motifs is 1. The van der Waals surface area contributed by atoms with Crippen LogP contribution in [0.25, 0.3) is 0 Å². The van der Waals surface area contributed by atoms with Crippen LogP contribution in [-0.2, 0) is 19.1 Å². The van der Waals surface area contributed by atoms with Gasteiger partial charge in [-0.05, 0) is 30.7 Å². The maximum absolute atomic E-state index is 13.3. The fourth-order valence-corrected chi connectivity index (χ4v) is 4.38. The second-order valence-electron chi connectivity index (χ2n) is 6.80. The molecule has 7 nitrogen and oxygen atoms in total. The molecule has 2 amide bonds. The molecule has 0 spiro atoms. The normalized spacial score (nSPS) is 29.9. The van der Waals surface area contributed by atoms with Gasteiger partial charge in [0, 0.05) is 0 Å². The van der Waals surface area contributed by atoms with Gasteiger partial charge < -0.3 is 9.15 Å². The quantitative estimate of drug-likeness (QED) is 0.656. The average Bonchev–Trinajstić information content (AvgIpc) is 3.39. The molecule has 2 saturated heterocycles. The van der Waals surface area contributed by atoms with Gasteiger partial charge in [-0.1, -0.05) is 25.1 Å². The van der Waals surface area contributed by atoms with Crippen molar-refractivity contribution in [2.75, 3.05) is 12.0 Å².